The zero-order valence-electron chi connectivity index (χ0n) is 15.8. The van der Waals surface area contributed by atoms with Crippen molar-refractivity contribution < 1.29 is 14.3 Å². The van der Waals surface area contributed by atoms with E-state index in [9.17, 15) is 9.59 Å². The molecular weight excluding hydrogens is 356 g/mol. The van der Waals surface area contributed by atoms with Gasteiger partial charge in [0.2, 0.25) is 0 Å². The Kier molecular flexibility index (Phi) is 6.03. The van der Waals surface area contributed by atoms with Gasteiger partial charge in [0.25, 0.3) is 5.91 Å². The zero-order chi connectivity index (χ0) is 20.1. The second-order valence-electron chi connectivity index (χ2n) is 6.97. The maximum Gasteiger partial charge on any atom is 0.308 e. The highest BCUT2D eigenvalue weighted by Crippen LogP contribution is 2.25. The minimum Gasteiger partial charge on any atom is -0.469 e. The van der Waals surface area contributed by atoms with E-state index in [0.29, 0.717) is 11.1 Å². The van der Waals surface area contributed by atoms with E-state index in [2.05, 4.69) is 10.3 Å². The predicted molar refractivity (Wildman–Crippen MR) is 106 cm³/mol. The van der Waals surface area contributed by atoms with Crippen molar-refractivity contribution in [3.63, 3.8) is 0 Å². The molecule has 0 bridgehead atoms. The van der Waals surface area contributed by atoms with Crippen molar-refractivity contribution in [3.8, 4) is 11.3 Å². The van der Waals surface area contributed by atoms with Gasteiger partial charge in [-0.05, 0) is 49.9 Å². The van der Waals surface area contributed by atoms with Crippen LogP contribution in [0.1, 0.15) is 41.6 Å². The fourth-order valence-corrected chi connectivity index (χ4v) is 3.43. The summed E-state index contributed by atoms with van der Waals surface area (Å²) in [5.74, 6) is -0.357. The molecule has 0 unspecified atom stereocenters. The number of hydrogen-bond acceptors (Lipinski definition) is 5. The van der Waals surface area contributed by atoms with Crippen LogP contribution in [0, 0.1) is 11.3 Å². The highest BCUT2D eigenvalue weighted by molar-refractivity contribution is 5.95. The number of ether oxygens (including phenoxy) is 1. The van der Waals surface area contributed by atoms with Gasteiger partial charge in [-0.2, -0.15) is 0 Å². The lowest BCUT2D eigenvalue weighted by Crippen LogP contribution is -2.38. The van der Waals surface area contributed by atoms with Crippen molar-refractivity contribution in [2.75, 3.05) is 7.11 Å². The van der Waals surface area contributed by atoms with Crippen molar-refractivity contribution in [2.45, 2.75) is 31.7 Å². The molecular formula is C21H24N4O3. The highest BCUT2D eigenvalue weighted by Gasteiger charge is 2.27. The van der Waals surface area contributed by atoms with Crippen LogP contribution in [0.5, 0.6) is 0 Å². The van der Waals surface area contributed by atoms with Crippen molar-refractivity contribution in [1.29, 1.82) is 5.41 Å². The molecule has 1 saturated carbocycles. The van der Waals surface area contributed by atoms with Crippen LogP contribution < -0.4 is 11.1 Å². The molecule has 1 aliphatic carbocycles. The average Bonchev–Trinajstić information content (AvgIpc) is 2.74. The van der Waals surface area contributed by atoms with Gasteiger partial charge in [-0.15, -0.1) is 0 Å². The Morgan fingerprint density at radius 2 is 1.71 bits per heavy atom. The average molecular weight is 380 g/mol. The second kappa shape index (κ2) is 8.65. The van der Waals surface area contributed by atoms with Crippen LogP contribution in [0.4, 0.5) is 0 Å². The number of benzene rings is 1. The van der Waals surface area contributed by atoms with Crippen LogP contribution >= 0.6 is 0 Å². The van der Waals surface area contributed by atoms with E-state index in [1.807, 2.05) is 12.1 Å². The van der Waals surface area contributed by atoms with Crippen molar-refractivity contribution >= 4 is 17.7 Å². The molecule has 0 saturated heterocycles. The van der Waals surface area contributed by atoms with Gasteiger partial charge >= 0.3 is 5.97 Å². The molecule has 7 heteroatoms. The fraction of sp³-hybridized carbons (Fsp3) is 0.333. The lowest BCUT2D eigenvalue weighted by atomic mass is 9.86. The summed E-state index contributed by atoms with van der Waals surface area (Å²) in [5, 5.41) is 10.5. The molecule has 146 valence electrons. The van der Waals surface area contributed by atoms with E-state index in [4.69, 9.17) is 15.9 Å². The lowest BCUT2D eigenvalue weighted by molar-refractivity contribution is -0.146. The molecule has 1 aliphatic rings. The summed E-state index contributed by atoms with van der Waals surface area (Å²) in [6.07, 6.45) is 4.58. The van der Waals surface area contributed by atoms with E-state index >= 15 is 0 Å². The topological polar surface area (TPSA) is 118 Å². The molecule has 0 atom stereocenters. The summed E-state index contributed by atoms with van der Waals surface area (Å²) in [4.78, 5) is 28.4. The van der Waals surface area contributed by atoms with Crippen LogP contribution in [-0.4, -0.2) is 35.8 Å². The smallest absolute Gasteiger partial charge is 0.308 e. The lowest BCUT2D eigenvalue weighted by Gasteiger charge is -2.27. The van der Waals surface area contributed by atoms with Crippen molar-refractivity contribution in [3.05, 3.63) is 53.7 Å². The number of hydrogen-bond donors (Lipinski definition) is 3. The minimum absolute atomic E-state index is 0.0216. The van der Waals surface area contributed by atoms with Gasteiger partial charge < -0.3 is 15.8 Å². The van der Waals surface area contributed by atoms with Crippen molar-refractivity contribution in [2.24, 2.45) is 11.7 Å². The summed E-state index contributed by atoms with van der Waals surface area (Å²) < 4.78 is 4.79. The first-order valence-corrected chi connectivity index (χ1v) is 9.27. The molecule has 4 N–H and O–H groups in total. The summed E-state index contributed by atoms with van der Waals surface area (Å²) in [6.45, 7) is 0. The quantitative estimate of drug-likeness (QED) is 0.418. The SMILES string of the molecule is COC(=O)C1CCC(NC(=O)c2ccc(-c3ccc(C(=N)N)cn3)cc2)CC1. The normalized spacial score (nSPS) is 18.9. The first-order valence-electron chi connectivity index (χ1n) is 9.27. The number of esters is 1. The van der Waals surface area contributed by atoms with E-state index in [-0.39, 0.29) is 29.7 Å². The summed E-state index contributed by atoms with van der Waals surface area (Å²) >= 11 is 0. The summed E-state index contributed by atoms with van der Waals surface area (Å²) in [6, 6.07) is 10.9. The molecule has 1 fully saturated rings. The third-order valence-electron chi connectivity index (χ3n) is 5.11. The van der Waals surface area contributed by atoms with Crippen molar-refractivity contribution in [1.82, 2.24) is 10.3 Å². The van der Waals surface area contributed by atoms with Gasteiger partial charge in [0.05, 0.1) is 18.7 Å². The first-order chi connectivity index (χ1) is 13.5. The Balaban J connectivity index is 1.58. The van der Waals surface area contributed by atoms with E-state index < -0.39 is 0 Å². The van der Waals surface area contributed by atoms with Gasteiger partial charge in [-0.3, -0.25) is 20.0 Å². The predicted octanol–water partition coefficient (Wildman–Crippen LogP) is 2.49. The van der Waals surface area contributed by atoms with Crippen LogP contribution in [0.2, 0.25) is 0 Å². The molecule has 1 aromatic carbocycles. The molecule has 0 spiro atoms. The number of methoxy groups -OCH3 is 1. The number of carbonyl (C=O) groups excluding carboxylic acids is 2. The number of amidine groups is 1. The number of pyridine rings is 1. The molecule has 2 aromatic rings. The van der Waals surface area contributed by atoms with Gasteiger partial charge in [-0.25, -0.2) is 0 Å². The van der Waals surface area contributed by atoms with Gasteiger partial charge in [0, 0.05) is 28.9 Å². The van der Waals surface area contributed by atoms with Crippen LogP contribution in [0.3, 0.4) is 0 Å². The second-order valence-corrected chi connectivity index (χ2v) is 6.97. The molecule has 1 heterocycles. The van der Waals surface area contributed by atoms with Gasteiger partial charge in [0.1, 0.15) is 5.84 Å². The molecule has 28 heavy (non-hydrogen) atoms. The number of nitrogen functional groups attached to an aromatic ring is 1. The maximum absolute atomic E-state index is 12.5. The number of rotatable bonds is 5. The number of amides is 1. The zero-order valence-corrected chi connectivity index (χ0v) is 15.8. The maximum atomic E-state index is 12.5. The number of nitrogens with one attached hydrogen (secondary N) is 2. The first kappa shape index (κ1) is 19.5. The summed E-state index contributed by atoms with van der Waals surface area (Å²) in [5.41, 5.74) is 8.22. The monoisotopic (exact) mass is 380 g/mol. The molecule has 3 rings (SSSR count). The third kappa shape index (κ3) is 4.54. The Hall–Kier alpha value is -3.22. The number of aromatic nitrogens is 1. The van der Waals surface area contributed by atoms with E-state index in [1.165, 1.54) is 7.11 Å². The van der Waals surface area contributed by atoms with Crippen LogP contribution in [0.25, 0.3) is 11.3 Å². The Bertz CT molecular complexity index is 854. The Morgan fingerprint density at radius 1 is 1.07 bits per heavy atom. The van der Waals surface area contributed by atoms with Crippen LogP contribution in [0.15, 0.2) is 42.6 Å². The Morgan fingerprint density at radius 3 is 2.25 bits per heavy atom. The minimum atomic E-state index is -0.162. The number of nitrogens with two attached hydrogens (primary N) is 1. The molecule has 1 aromatic heterocycles. The summed E-state index contributed by atoms with van der Waals surface area (Å²) in [7, 11) is 1.41. The molecule has 1 amide bonds. The fourth-order valence-electron chi connectivity index (χ4n) is 3.43. The number of nitrogens with zero attached hydrogens (tertiary/aromatic N) is 1. The Labute approximate surface area is 163 Å². The van der Waals surface area contributed by atoms with E-state index in [0.717, 1.165) is 36.9 Å². The molecule has 0 radical (unpaired) electrons. The standard InChI is InChI=1S/C21H24N4O3/c1-28-21(27)15-6-9-17(10-7-15)25-20(26)14-4-2-13(3-5-14)18-11-8-16(12-24-18)19(22)23/h2-5,8,11-12,15,17H,6-7,9-10H2,1H3,(H3,22,23)(H,25,26). The van der Waals surface area contributed by atoms with Gasteiger partial charge in [0.15, 0.2) is 0 Å². The number of carbonyl (C=O) groups is 2. The van der Waals surface area contributed by atoms with Gasteiger partial charge in [-0.1, -0.05) is 12.1 Å². The molecule has 0 aliphatic heterocycles. The highest BCUT2D eigenvalue weighted by atomic mass is 16.5. The third-order valence-corrected chi connectivity index (χ3v) is 5.11. The largest absolute Gasteiger partial charge is 0.469 e. The molecule has 7 nitrogen and oxygen atoms in total. The van der Waals surface area contributed by atoms with Crippen LogP contribution in [-0.2, 0) is 9.53 Å². The van der Waals surface area contributed by atoms with E-state index in [1.54, 1.807) is 30.5 Å².